The lowest BCUT2D eigenvalue weighted by atomic mass is 9.77. The van der Waals surface area contributed by atoms with Crippen molar-refractivity contribution in [2.75, 3.05) is 46.5 Å². The van der Waals surface area contributed by atoms with Crippen molar-refractivity contribution in [3.05, 3.63) is 0 Å². The van der Waals surface area contributed by atoms with Gasteiger partial charge in [-0.1, -0.05) is 13.8 Å². The van der Waals surface area contributed by atoms with Gasteiger partial charge in [-0.25, -0.2) is 0 Å². The van der Waals surface area contributed by atoms with Crippen LogP contribution in [0.1, 0.15) is 33.1 Å². The number of hydrogen-bond donors (Lipinski definition) is 0. The van der Waals surface area contributed by atoms with Crippen molar-refractivity contribution in [1.29, 1.82) is 0 Å². The van der Waals surface area contributed by atoms with Gasteiger partial charge in [-0.15, -0.1) is 0 Å². The molecule has 122 valence electrons. The van der Waals surface area contributed by atoms with Gasteiger partial charge in [-0.05, 0) is 31.1 Å². The van der Waals surface area contributed by atoms with Gasteiger partial charge in [0.15, 0.2) is 0 Å². The Hall–Kier alpha value is -0.160. The molecule has 4 nitrogen and oxygen atoms in total. The zero-order chi connectivity index (χ0) is 14.8. The predicted molar refractivity (Wildman–Crippen MR) is 84.5 cm³/mol. The molecule has 0 aromatic rings. The highest BCUT2D eigenvalue weighted by molar-refractivity contribution is 4.91. The predicted octanol–water partition coefficient (Wildman–Crippen LogP) is 1.84. The summed E-state index contributed by atoms with van der Waals surface area (Å²) in [6.45, 7) is 11.4. The first-order chi connectivity index (χ1) is 10.2. The lowest BCUT2D eigenvalue weighted by Gasteiger charge is -2.48. The molecule has 2 aliphatic heterocycles. The van der Waals surface area contributed by atoms with Crippen LogP contribution in [0.5, 0.6) is 0 Å². The molecule has 0 radical (unpaired) electrons. The summed E-state index contributed by atoms with van der Waals surface area (Å²) in [4.78, 5) is 5.31. The van der Waals surface area contributed by atoms with Gasteiger partial charge in [-0.3, -0.25) is 9.80 Å². The maximum absolute atomic E-state index is 5.87. The zero-order valence-electron chi connectivity index (χ0n) is 14.0. The van der Waals surface area contributed by atoms with Crippen molar-refractivity contribution in [3.63, 3.8) is 0 Å². The second kappa shape index (κ2) is 6.95. The average Bonchev–Trinajstić information content (AvgIpc) is 2.45. The molecule has 0 aromatic carbocycles. The molecule has 2 saturated heterocycles. The first-order valence-electron chi connectivity index (χ1n) is 8.77. The van der Waals surface area contributed by atoms with Crippen LogP contribution in [-0.2, 0) is 9.47 Å². The third-order valence-electron chi connectivity index (χ3n) is 6.00. The SMILES string of the molecule is COC1CC(C(C)C)CCC1N1CCN(C2COC2)CC1. The van der Waals surface area contributed by atoms with Gasteiger partial charge in [0, 0.05) is 39.3 Å². The third kappa shape index (κ3) is 3.44. The van der Waals surface area contributed by atoms with E-state index < -0.39 is 0 Å². The molecular formula is C17H32N2O2. The van der Waals surface area contributed by atoms with Crippen molar-refractivity contribution in [3.8, 4) is 0 Å². The van der Waals surface area contributed by atoms with E-state index in [1.165, 1.54) is 45.4 Å². The fourth-order valence-corrected chi connectivity index (χ4v) is 4.29. The Morgan fingerprint density at radius 3 is 2.19 bits per heavy atom. The Morgan fingerprint density at radius 1 is 1.00 bits per heavy atom. The first-order valence-corrected chi connectivity index (χ1v) is 8.77. The number of hydrogen-bond acceptors (Lipinski definition) is 4. The molecule has 1 saturated carbocycles. The Kier molecular flexibility index (Phi) is 5.20. The molecule has 3 aliphatic rings. The average molecular weight is 296 g/mol. The van der Waals surface area contributed by atoms with Gasteiger partial charge >= 0.3 is 0 Å². The van der Waals surface area contributed by atoms with Crippen LogP contribution in [0.3, 0.4) is 0 Å². The summed E-state index contributed by atoms with van der Waals surface area (Å²) in [7, 11) is 1.91. The van der Waals surface area contributed by atoms with Gasteiger partial charge in [0.25, 0.3) is 0 Å². The third-order valence-corrected chi connectivity index (χ3v) is 6.00. The second-order valence-corrected chi connectivity index (χ2v) is 7.42. The summed E-state index contributed by atoms with van der Waals surface area (Å²) >= 11 is 0. The quantitative estimate of drug-likeness (QED) is 0.790. The summed E-state index contributed by atoms with van der Waals surface area (Å²) in [5.74, 6) is 1.64. The lowest BCUT2D eigenvalue weighted by molar-refractivity contribution is -0.0927. The lowest BCUT2D eigenvalue weighted by Crippen LogP contribution is -2.60. The van der Waals surface area contributed by atoms with E-state index in [1.807, 2.05) is 7.11 Å². The van der Waals surface area contributed by atoms with Crippen LogP contribution in [0.4, 0.5) is 0 Å². The first kappa shape index (κ1) is 15.7. The van der Waals surface area contributed by atoms with Crippen molar-refractivity contribution in [2.24, 2.45) is 11.8 Å². The summed E-state index contributed by atoms with van der Waals surface area (Å²) in [5.41, 5.74) is 0. The van der Waals surface area contributed by atoms with E-state index in [0.29, 0.717) is 18.2 Å². The Bertz CT molecular complexity index is 325. The molecule has 0 spiro atoms. The number of piperazine rings is 1. The monoisotopic (exact) mass is 296 g/mol. The van der Waals surface area contributed by atoms with Crippen LogP contribution in [0, 0.1) is 11.8 Å². The molecule has 0 amide bonds. The number of ether oxygens (including phenoxy) is 2. The number of rotatable bonds is 4. The largest absolute Gasteiger partial charge is 0.380 e. The van der Waals surface area contributed by atoms with Crippen LogP contribution in [-0.4, -0.2) is 74.5 Å². The Morgan fingerprint density at radius 2 is 1.67 bits per heavy atom. The van der Waals surface area contributed by atoms with E-state index in [0.717, 1.165) is 25.0 Å². The Labute approximate surface area is 129 Å². The van der Waals surface area contributed by atoms with Crippen LogP contribution in [0.15, 0.2) is 0 Å². The van der Waals surface area contributed by atoms with Gasteiger partial charge in [-0.2, -0.15) is 0 Å². The van der Waals surface area contributed by atoms with Gasteiger partial charge in [0.1, 0.15) is 0 Å². The highest BCUT2D eigenvalue weighted by atomic mass is 16.5. The zero-order valence-corrected chi connectivity index (χ0v) is 14.0. The molecule has 3 atom stereocenters. The van der Waals surface area contributed by atoms with Crippen molar-refractivity contribution in [1.82, 2.24) is 9.80 Å². The van der Waals surface area contributed by atoms with E-state index in [1.54, 1.807) is 0 Å². The highest BCUT2D eigenvalue weighted by Crippen LogP contribution is 2.34. The van der Waals surface area contributed by atoms with E-state index in [4.69, 9.17) is 9.47 Å². The summed E-state index contributed by atoms with van der Waals surface area (Å²) in [5, 5.41) is 0. The minimum absolute atomic E-state index is 0.435. The molecule has 4 heteroatoms. The molecule has 0 aromatic heterocycles. The molecule has 3 fully saturated rings. The topological polar surface area (TPSA) is 24.9 Å². The number of nitrogens with zero attached hydrogens (tertiary/aromatic N) is 2. The molecule has 3 unspecified atom stereocenters. The fraction of sp³-hybridized carbons (Fsp3) is 1.00. The van der Waals surface area contributed by atoms with Crippen molar-refractivity contribution < 1.29 is 9.47 Å². The van der Waals surface area contributed by atoms with E-state index >= 15 is 0 Å². The molecule has 1 aliphatic carbocycles. The molecule has 2 heterocycles. The van der Waals surface area contributed by atoms with Crippen LogP contribution in [0.25, 0.3) is 0 Å². The van der Waals surface area contributed by atoms with Gasteiger partial charge in [0.05, 0.1) is 25.4 Å². The molecule has 0 bridgehead atoms. The minimum atomic E-state index is 0.435. The van der Waals surface area contributed by atoms with E-state index in [2.05, 4.69) is 23.6 Å². The number of methoxy groups -OCH3 is 1. The van der Waals surface area contributed by atoms with Crippen LogP contribution < -0.4 is 0 Å². The summed E-state index contributed by atoms with van der Waals surface area (Å²) < 4.78 is 11.2. The normalized spacial score (nSPS) is 36.9. The molecular weight excluding hydrogens is 264 g/mol. The van der Waals surface area contributed by atoms with Gasteiger partial charge in [0.2, 0.25) is 0 Å². The molecule has 21 heavy (non-hydrogen) atoms. The Balaban J connectivity index is 1.52. The van der Waals surface area contributed by atoms with Crippen molar-refractivity contribution >= 4 is 0 Å². The maximum Gasteiger partial charge on any atom is 0.0729 e. The van der Waals surface area contributed by atoms with Crippen LogP contribution >= 0.6 is 0 Å². The molecule has 3 rings (SSSR count). The van der Waals surface area contributed by atoms with E-state index in [-0.39, 0.29) is 0 Å². The highest BCUT2D eigenvalue weighted by Gasteiger charge is 2.37. The van der Waals surface area contributed by atoms with Crippen LogP contribution in [0.2, 0.25) is 0 Å². The minimum Gasteiger partial charge on any atom is -0.380 e. The fourth-order valence-electron chi connectivity index (χ4n) is 4.29. The summed E-state index contributed by atoms with van der Waals surface area (Å²) in [6.07, 6.45) is 4.37. The van der Waals surface area contributed by atoms with Gasteiger partial charge < -0.3 is 9.47 Å². The smallest absolute Gasteiger partial charge is 0.0729 e. The maximum atomic E-state index is 5.87. The standard InChI is InChI=1S/C17H32N2O2/c1-13(2)14-4-5-16(17(10-14)20-3)19-8-6-18(7-9-19)15-11-21-12-15/h13-17H,4-12H2,1-3H3. The molecule has 0 N–H and O–H groups in total. The van der Waals surface area contributed by atoms with Crippen molar-refractivity contribution in [2.45, 2.75) is 51.3 Å². The second-order valence-electron chi connectivity index (χ2n) is 7.42. The summed E-state index contributed by atoms with van der Waals surface area (Å²) in [6, 6.07) is 1.34. The van der Waals surface area contributed by atoms with E-state index in [9.17, 15) is 0 Å².